The largest absolute Gasteiger partial charge is 4.00 e. The van der Waals surface area contributed by atoms with Crippen LogP contribution >= 0.6 is 0 Å². The third-order valence-corrected chi connectivity index (χ3v) is 0. The molecular weight excluding hydrogens is 913 g/mol. The average molecular weight is 913 g/mol. The van der Waals surface area contributed by atoms with Crippen LogP contribution in [0.1, 0.15) is 0 Å². The minimum absolute atomic E-state index is 0. The first-order valence-corrected chi connectivity index (χ1v) is 0. The maximum absolute atomic E-state index is 0. The van der Waals surface area contributed by atoms with Gasteiger partial charge in [-0.05, 0) is 0 Å². The molecule has 19 heavy (non-hydrogen) atoms. The molecule has 108 valence electrons. The van der Waals surface area contributed by atoms with Gasteiger partial charge in [-0.3, -0.25) is 0 Å². The van der Waals surface area contributed by atoms with Gasteiger partial charge in [-0.15, -0.1) is 0 Å². The van der Waals surface area contributed by atoms with Crippen LogP contribution in [0.4, 0.5) is 0 Å². The van der Waals surface area contributed by atoms with Crippen molar-refractivity contribution in [2.45, 2.75) is 0 Å². The minimum atomic E-state index is 0. The van der Waals surface area contributed by atoms with E-state index in [1.54, 1.807) is 0 Å². The first-order chi connectivity index (χ1) is 0. The molecule has 0 saturated heterocycles. The minimum Gasteiger partial charge on any atom is -2.00 e. The molecule has 0 heterocycles. The van der Waals surface area contributed by atoms with Crippen molar-refractivity contribution in [3.63, 3.8) is 0 Å². The molecule has 0 aromatic carbocycles. The van der Waals surface area contributed by atoms with Crippen LogP contribution in [0.15, 0.2) is 0 Å². The standard InChI is InChI=1S/2Ag.2Al.2In.11O.2Sn/q2*+1;4*+3;11*-2;2*+4. The predicted octanol–water partition coefficient (Wildman–Crippen LogP) is -3.60. The molecule has 0 aliphatic heterocycles. The van der Waals surface area contributed by atoms with Crippen LogP contribution in [-0.2, 0) is 105 Å². The third kappa shape index (κ3) is 364. The fourth-order valence-corrected chi connectivity index (χ4v) is 0. The number of rotatable bonds is 0. The predicted molar refractivity (Wildman–Crippen MR) is 42.1 cm³/mol. The van der Waals surface area contributed by atoms with Crippen LogP contribution in [0.2, 0.25) is 0 Å². The molecular formula is Ag2Al2In2O11Sn2. The van der Waals surface area contributed by atoms with Gasteiger partial charge in [0.2, 0.25) is 0 Å². The van der Waals surface area contributed by atoms with Crippen molar-refractivity contribution in [2.24, 2.45) is 0 Å². The Morgan fingerprint density at radius 1 is 0.263 bits per heavy atom. The smallest absolute Gasteiger partial charge is 2.00 e. The van der Waals surface area contributed by atoms with Gasteiger partial charge in [-0.2, -0.15) is 0 Å². The van der Waals surface area contributed by atoms with Crippen molar-refractivity contribution >= 4 is 134 Å². The third-order valence-electron chi connectivity index (χ3n) is 0. The molecule has 0 aromatic rings. The Morgan fingerprint density at radius 3 is 0.263 bits per heavy atom. The van der Waals surface area contributed by atoms with Crippen LogP contribution in [0, 0.1) is 0 Å². The molecule has 0 unspecified atom stereocenters. The molecule has 0 atom stereocenters. The van der Waals surface area contributed by atoms with Crippen LogP contribution in [0.25, 0.3) is 0 Å². The topological polar surface area (TPSA) is 314 Å². The zero-order chi connectivity index (χ0) is 0. The first-order valence-electron chi connectivity index (χ1n) is 0. The van der Waals surface area contributed by atoms with Crippen molar-refractivity contribution in [2.75, 3.05) is 0 Å². The zero-order valence-corrected chi connectivity index (χ0v) is 26.0. The fraction of sp³-hybridized carbons (Fsp3) is 0. The van der Waals surface area contributed by atoms with Crippen molar-refractivity contribution < 1.29 is 105 Å². The Balaban J connectivity index is 0. The van der Waals surface area contributed by atoms with Crippen molar-refractivity contribution in [1.82, 2.24) is 0 Å². The molecule has 0 aromatic heterocycles. The van der Waals surface area contributed by atoms with E-state index in [4.69, 9.17) is 0 Å². The Morgan fingerprint density at radius 2 is 0.263 bits per heavy atom. The second-order valence-electron chi connectivity index (χ2n) is 0. The molecule has 0 rings (SSSR count). The second kappa shape index (κ2) is 399. The molecule has 0 spiro atoms. The van der Waals surface area contributed by atoms with Gasteiger partial charge in [-0.1, -0.05) is 0 Å². The summed E-state index contributed by atoms with van der Waals surface area (Å²) < 4.78 is 0. The average Bonchev–Trinajstić information content (AvgIpc) is 0. The van der Waals surface area contributed by atoms with E-state index < -0.39 is 0 Å². The van der Waals surface area contributed by atoms with E-state index in [9.17, 15) is 0 Å². The Kier molecular flexibility index (Phi) is 9510. The Hall–Kier alpha value is 5.44. The Bertz CT molecular complexity index is 34.7. The van der Waals surface area contributed by atoms with Crippen molar-refractivity contribution in [3.05, 3.63) is 0 Å². The summed E-state index contributed by atoms with van der Waals surface area (Å²) in [6.07, 6.45) is 0. The summed E-state index contributed by atoms with van der Waals surface area (Å²) in [4.78, 5) is 0. The summed E-state index contributed by atoms with van der Waals surface area (Å²) in [5.41, 5.74) is 0. The normalized spacial score (nSPS) is 0. The van der Waals surface area contributed by atoms with Gasteiger partial charge in [0.15, 0.2) is 0 Å². The second-order valence-corrected chi connectivity index (χ2v) is 0. The van der Waals surface area contributed by atoms with Gasteiger partial charge in [-0.25, -0.2) is 0 Å². The van der Waals surface area contributed by atoms with Gasteiger partial charge >= 0.3 is 179 Å². The van der Waals surface area contributed by atoms with E-state index in [1.807, 2.05) is 0 Å². The molecule has 0 bridgehead atoms. The summed E-state index contributed by atoms with van der Waals surface area (Å²) in [6.45, 7) is 0. The van der Waals surface area contributed by atoms with Crippen molar-refractivity contribution in [1.29, 1.82) is 0 Å². The molecule has 0 fully saturated rings. The van der Waals surface area contributed by atoms with E-state index in [-0.39, 0.29) is 239 Å². The van der Waals surface area contributed by atoms with Crippen molar-refractivity contribution in [3.8, 4) is 0 Å². The first kappa shape index (κ1) is 453. The summed E-state index contributed by atoms with van der Waals surface area (Å²) in [6, 6.07) is 0. The van der Waals surface area contributed by atoms with E-state index in [0.717, 1.165) is 0 Å². The van der Waals surface area contributed by atoms with E-state index in [1.165, 1.54) is 0 Å². The van der Waals surface area contributed by atoms with E-state index >= 15 is 0 Å². The molecule has 0 aliphatic rings. The van der Waals surface area contributed by atoms with Gasteiger partial charge in [0, 0.05) is 0 Å². The van der Waals surface area contributed by atoms with Crippen LogP contribution in [0.5, 0.6) is 0 Å². The molecule has 0 radical (unpaired) electrons. The molecule has 0 amide bonds. The molecule has 0 N–H and O–H groups in total. The number of hydrogen-bond acceptors (Lipinski definition) is 0. The summed E-state index contributed by atoms with van der Waals surface area (Å²) in [5.74, 6) is 0. The van der Waals surface area contributed by atoms with Crippen LogP contribution in [0.3, 0.4) is 0 Å². The van der Waals surface area contributed by atoms with Gasteiger partial charge < -0.3 is 60.2 Å². The van der Waals surface area contributed by atoms with Gasteiger partial charge in [0.05, 0.1) is 0 Å². The fourth-order valence-electron chi connectivity index (χ4n) is 0. The van der Waals surface area contributed by atoms with Gasteiger partial charge in [0.1, 0.15) is 0 Å². The van der Waals surface area contributed by atoms with E-state index in [2.05, 4.69) is 0 Å². The molecule has 11 nitrogen and oxygen atoms in total. The molecule has 19 heteroatoms. The summed E-state index contributed by atoms with van der Waals surface area (Å²) in [5, 5.41) is 0. The summed E-state index contributed by atoms with van der Waals surface area (Å²) >= 11 is 0. The van der Waals surface area contributed by atoms with E-state index in [0.29, 0.717) is 0 Å². The molecule has 0 aliphatic carbocycles. The number of hydrogen-bond donors (Lipinski definition) is 0. The SMILES string of the molecule is [Ag+].[Ag+].[Al+3].[Al+3].[In+3].[In+3].[O-2].[O-2].[O-2].[O-2].[O-2].[O-2].[O-2].[O-2].[O-2].[O-2].[O-2].[Sn+4].[Sn+4]. The summed E-state index contributed by atoms with van der Waals surface area (Å²) in [7, 11) is 0. The maximum Gasteiger partial charge on any atom is 4.00 e. The zero-order valence-electron chi connectivity index (χ0n) is 8.40. The monoisotopic (exact) mass is 913 g/mol. The van der Waals surface area contributed by atoms with Crippen LogP contribution < -0.4 is 0 Å². The maximum atomic E-state index is 0. The quantitative estimate of drug-likeness (QED) is 0.213. The van der Waals surface area contributed by atoms with Gasteiger partial charge in [0.25, 0.3) is 0 Å². The Labute approximate surface area is 235 Å². The van der Waals surface area contributed by atoms with Crippen LogP contribution in [-0.4, -0.2) is 134 Å². The molecule has 0 saturated carbocycles.